The molecule has 1 amide bonds. The minimum atomic E-state index is -0.360. The topological polar surface area (TPSA) is 80.0 Å². The lowest BCUT2D eigenvalue weighted by Crippen LogP contribution is -2.15. The molecule has 0 saturated carbocycles. The maximum absolute atomic E-state index is 12.6. The number of aliphatic hydroxyl groups excluding tert-OH is 1. The van der Waals surface area contributed by atoms with E-state index in [-0.39, 0.29) is 18.2 Å². The highest BCUT2D eigenvalue weighted by molar-refractivity contribution is 6.34. The van der Waals surface area contributed by atoms with Gasteiger partial charge in [-0.25, -0.2) is 4.68 Å². The van der Waals surface area contributed by atoms with E-state index in [2.05, 4.69) is 15.6 Å². The first-order valence-corrected chi connectivity index (χ1v) is 9.00. The van der Waals surface area contributed by atoms with Gasteiger partial charge in [0, 0.05) is 15.7 Å². The van der Waals surface area contributed by atoms with Gasteiger partial charge in [-0.05, 0) is 54.8 Å². The molecule has 27 heavy (non-hydrogen) atoms. The summed E-state index contributed by atoms with van der Waals surface area (Å²) >= 11 is 12.1. The Kier molecular flexibility index (Phi) is 5.79. The number of halogens is 2. The van der Waals surface area contributed by atoms with Crippen LogP contribution in [0.5, 0.6) is 0 Å². The van der Waals surface area contributed by atoms with Gasteiger partial charge in [0.15, 0.2) is 5.69 Å². The second kappa shape index (κ2) is 8.08. The van der Waals surface area contributed by atoms with E-state index in [9.17, 15) is 9.90 Å². The maximum Gasteiger partial charge on any atom is 0.278 e. The van der Waals surface area contributed by atoms with Crippen LogP contribution in [-0.2, 0) is 13.2 Å². The van der Waals surface area contributed by atoms with Crippen molar-refractivity contribution in [1.29, 1.82) is 0 Å². The molecule has 6 nitrogen and oxygen atoms in total. The van der Waals surface area contributed by atoms with E-state index < -0.39 is 0 Å². The Morgan fingerprint density at radius 3 is 2.56 bits per heavy atom. The molecule has 0 aliphatic heterocycles. The summed E-state index contributed by atoms with van der Waals surface area (Å²) in [7, 11) is 0. The van der Waals surface area contributed by atoms with Crippen molar-refractivity contribution >= 4 is 34.8 Å². The lowest BCUT2D eigenvalue weighted by molar-refractivity contribution is 0.102. The summed E-state index contributed by atoms with van der Waals surface area (Å²) in [6, 6.07) is 10.6. The number of amides is 1. The molecular formula is C19H18Cl2N4O2. The van der Waals surface area contributed by atoms with Crippen LogP contribution in [0.4, 0.5) is 5.69 Å². The predicted octanol–water partition coefficient (Wildman–Crippen LogP) is 3.99. The van der Waals surface area contributed by atoms with Crippen molar-refractivity contribution in [2.75, 3.05) is 5.32 Å². The number of aliphatic hydroxyl groups is 1. The van der Waals surface area contributed by atoms with E-state index in [1.807, 2.05) is 13.0 Å². The molecule has 2 N–H and O–H groups in total. The van der Waals surface area contributed by atoms with E-state index in [1.165, 1.54) is 0 Å². The summed E-state index contributed by atoms with van der Waals surface area (Å²) in [5.74, 6) is -0.360. The SMILES string of the molecule is Cc1c(CO)cccc1NC(=O)c1nnn(Cc2cc(Cl)cc(Cl)c2)c1C. The van der Waals surface area contributed by atoms with Crippen molar-refractivity contribution < 1.29 is 9.90 Å². The number of anilines is 1. The van der Waals surface area contributed by atoms with Crippen molar-refractivity contribution in [1.82, 2.24) is 15.0 Å². The lowest BCUT2D eigenvalue weighted by atomic mass is 10.1. The van der Waals surface area contributed by atoms with Gasteiger partial charge in [-0.2, -0.15) is 0 Å². The molecule has 8 heteroatoms. The summed E-state index contributed by atoms with van der Waals surface area (Å²) in [6.07, 6.45) is 0. The van der Waals surface area contributed by atoms with Crippen molar-refractivity contribution in [3.63, 3.8) is 0 Å². The molecule has 0 aliphatic carbocycles. The molecule has 0 fully saturated rings. The van der Waals surface area contributed by atoms with Gasteiger partial charge < -0.3 is 10.4 Å². The number of aromatic nitrogens is 3. The lowest BCUT2D eigenvalue weighted by Gasteiger charge is -2.10. The Morgan fingerprint density at radius 2 is 1.89 bits per heavy atom. The van der Waals surface area contributed by atoms with Gasteiger partial charge in [0.1, 0.15) is 0 Å². The van der Waals surface area contributed by atoms with E-state index >= 15 is 0 Å². The van der Waals surface area contributed by atoms with Crippen molar-refractivity contribution in [3.8, 4) is 0 Å². The monoisotopic (exact) mass is 404 g/mol. The third-order valence-corrected chi connectivity index (χ3v) is 4.75. The smallest absolute Gasteiger partial charge is 0.278 e. The van der Waals surface area contributed by atoms with Gasteiger partial charge in [0.25, 0.3) is 5.91 Å². The Bertz CT molecular complexity index is 981. The van der Waals surface area contributed by atoms with Crippen LogP contribution in [-0.4, -0.2) is 26.0 Å². The molecule has 2 aromatic carbocycles. The van der Waals surface area contributed by atoms with E-state index in [0.29, 0.717) is 28.0 Å². The van der Waals surface area contributed by atoms with Crippen molar-refractivity contribution in [2.45, 2.75) is 27.0 Å². The van der Waals surface area contributed by atoms with Crippen molar-refractivity contribution in [2.24, 2.45) is 0 Å². The highest BCUT2D eigenvalue weighted by Crippen LogP contribution is 2.22. The van der Waals surface area contributed by atoms with Crippen LogP contribution in [0.3, 0.4) is 0 Å². The van der Waals surface area contributed by atoms with Gasteiger partial charge in [0.2, 0.25) is 0 Å². The second-order valence-corrected chi connectivity index (χ2v) is 7.03. The number of benzene rings is 2. The Hall–Kier alpha value is -2.41. The van der Waals surface area contributed by atoms with Gasteiger partial charge in [-0.15, -0.1) is 5.10 Å². The first-order valence-electron chi connectivity index (χ1n) is 8.24. The zero-order chi connectivity index (χ0) is 19.6. The highest BCUT2D eigenvalue weighted by atomic mass is 35.5. The quantitative estimate of drug-likeness (QED) is 0.673. The van der Waals surface area contributed by atoms with Crippen LogP contribution < -0.4 is 5.32 Å². The Balaban J connectivity index is 1.81. The third kappa shape index (κ3) is 4.30. The van der Waals surface area contributed by atoms with E-state index in [0.717, 1.165) is 16.7 Å². The van der Waals surface area contributed by atoms with Gasteiger partial charge in [0.05, 0.1) is 18.8 Å². The fourth-order valence-electron chi connectivity index (χ4n) is 2.77. The second-order valence-electron chi connectivity index (χ2n) is 6.16. The fourth-order valence-corrected chi connectivity index (χ4v) is 3.34. The zero-order valence-electron chi connectivity index (χ0n) is 14.8. The summed E-state index contributed by atoms with van der Waals surface area (Å²) in [5, 5.41) is 21.3. The van der Waals surface area contributed by atoms with Crippen LogP contribution in [0.1, 0.15) is 32.9 Å². The molecule has 0 unspecified atom stereocenters. The largest absolute Gasteiger partial charge is 0.392 e. The van der Waals surface area contributed by atoms with Crippen LogP contribution in [0.25, 0.3) is 0 Å². The average Bonchev–Trinajstić information content (AvgIpc) is 2.96. The van der Waals surface area contributed by atoms with Gasteiger partial charge >= 0.3 is 0 Å². The highest BCUT2D eigenvalue weighted by Gasteiger charge is 2.18. The summed E-state index contributed by atoms with van der Waals surface area (Å²) < 4.78 is 1.62. The number of hydrogen-bond acceptors (Lipinski definition) is 4. The normalized spacial score (nSPS) is 10.9. The van der Waals surface area contributed by atoms with Crippen LogP contribution in [0, 0.1) is 13.8 Å². The Labute approximate surface area is 166 Å². The molecule has 0 bridgehead atoms. The minimum absolute atomic E-state index is 0.0903. The maximum atomic E-state index is 12.6. The Morgan fingerprint density at radius 1 is 1.19 bits per heavy atom. The number of carbonyl (C=O) groups is 1. The fraction of sp³-hybridized carbons (Fsp3) is 0.211. The summed E-state index contributed by atoms with van der Waals surface area (Å²) in [4.78, 5) is 12.6. The number of carbonyl (C=O) groups excluding carboxylic acids is 1. The third-order valence-electron chi connectivity index (χ3n) is 4.32. The number of rotatable bonds is 5. The van der Waals surface area contributed by atoms with Crippen LogP contribution in [0.15, 0.2) is 36.4 Å². The van der Waals surface area contributed by atoms with Crippen LogP contribution >= 0.6 is 23.2 Å². The molecule has 1 aromatic heterocycles. The average molecular weight is 405 g/mol. The standard InChI is InChI=1S/C19H18Cl2N4O2/c1-11-14(10-26)4-3-5-17(11)22-19(27)18-12(2)25(24-23-18)9-13-6-15(20)8-16(21)7-13/h3-8,26H,9-10H2,1-2H3,(H,22,27). The zero-order valence-corrected chi connectivity index (χ0v) is 16.3. The molecule has 3 aromatic rings. The number of nitrogens with one attached hydrogen (secondary N) is 1. The molecule has 0 spiro atoms. The molecule has 0 radical (unpaired) electrons. The number of nitrogens with zero attached hydrogens (tertiary/aromatic N) is 3. The van der Waals surface area contributed by atoms with E-state index in [1.54, 1.807) is 41.9 Å². The molecule has 0 aliphatic rings. The predicted molar refractivity (Wildman–Crippen MR) is 105 cm³/mol. The molecular weight excluding hydrogens is 387 g/mol. The first-order chi connectivity index (χ1) is 12.9. The summed E-state index contributed by atoms with van der Waals surface area (Å²) in [5.41, 5.74) is 3.91. The van der Waals surface area contributed by atoms with Crippen molar-refractivity contribution in [3.05, 3.63) is 74.5 Å². The van der Waals surface area contributed by atoms with Gasteiger partial charge in [-0.1, -0.05) is 40.5 Å². The first kappa shape index (κ1) is 19.4. The van der Waals surface area contributed by atoms with Gasteiger partial charge in [-0.3, -0.25) is 4.79 Å². The van der Waals surface area contributed by atoms with E-state index in [4.69, 9.17) is 23.2 Å². The molecule has 140 valence electrons. The summed E-state index contributed by atoms with van der Waals surface area (Å²) in [6.45, 7) is 3.92. The minimum Gasteiger partial charge on any atom is -0.392 e. The molecule has 0 saturated heterocycles. The molecule has 1 heterocycles. The number of hydrogen-bond donors (Lipinski definition) is 2. The molecule has 3 rings (SSSR count). The molecule has 0 atom stereocenters. The van der Waals surface area contributed by atoms with Crippen LogP contribution in [0.2, 0.25) is 10.0 Å².